The summed E-state index contributed by atoms with van der Waals surface area (Å²) in [5.41, 5.74) is 8.67. The number of amides is 2. The molecule has 2 amide bonds. The molecule has 0 unspecified atom stereocenters. The first-order valence-electron chi connectivity index (χ1n) is 10.4. The van der Waals surface area contributed by atoms with Gasteiger partial charge in [-0.1, -0.05) is 38.4 Å². The van der Waals surface area contributed by atoms with Crippen molar-refractivity contribution in [2.45, 2.75) is 46.6 Å². The number of halogens is 1. The Morgan fingerprint density at radius 1 is 1.31 bits per heavy atom. The Morgan fingerprint density at radius 3 is 2.78 bits per heavy atom. The molecule has 9 nitrogen and oxygen atoms in total. The normalized spacial score (nSPS) is 10.9. The van der Waals surface area contributed by atoms with E-state index in [-0.39, 0.29) is 11.1 Å². The number of nitrogens with one attached hydrogen (secondary N) is 3. The number of aromatic nitrogens is 4. The van der Waals surface area contributed by atoms with E-state index in [1.807, 2.05) is 19.9 Å². The van der Waals surface area contributed by atoms with Gasteiger partial charge in [0.1, 0.15) is 11.0 Å². The number of pyridine rings is 2. The molecule has 0 aliphatic carbocycles. The molecule has 3 rings (SSSR count). The summed E-state index contributed by atoms with van der Waals surface area (Å²) in [6.07, 6.45) is 2.61. The predicted octanol–water partition coefficient (Wildman–Crippen LogP) is 5.03. The largest absolute Gasteiger partial charge is 0.478 e. The molecule has 0 fully saturated rings. The zero-order chi connectivity index (χ0) is 23.3. The van der Waals surface area contributed by atoms with Crippen molar-refractivity contribution in [1.29, 1.82) is 0 Å². The maximum atomic E-state index is 12.4. The van der Waals surface area contributed by atoms with E-state index in [1.165, 1.54) is 6.07 Å². The number of urea groups is 1. The molecule has 0 aliphatic rings. The number of nitrogens with zero attached hydrogens (tertiary/aromatic N) is 4. The second-order valence-electron chi connectivity index (χ2n) is 7.58. The van der Waals surface area contributed by atoms with Gasteiger partial charge in [0.25, 0.3) is 0 Å². The van der Waals surface area contributed by atoms with Crippen molar-refractivity contribution in [2.75, 3.05) is 17.3 Å². The highest BCUT2D eigenvalue weighted by atomic mass is 35.5. The minimum atomic E-state index is -0.488. The van der Waals surface area contributed by atoms with Crippen molar-refractivity contribution in [3.05, 3.63) is 47.3 Å². The van der Waals surface area contributed by atoms with Crippen molar-refractivity contribution >= 4 is 40.2 Å². The van der Waals surface area contributed by atoms with Crippen molar-refractivity contribution in [3.8, 4) is 5.88 Å². The molecular weight excluding hydrogens is 430 g/mol. The van der Waals surface area contributed by atoms with Gasteiger partial charge in [-0.15, -0.1) is 6.58 Å². The van der Waals surface area contributed by atoms with Crippen molar-refractivity contribution < 1.29 is 9.53 Å². The zero-order valence-corrected chi connectivity index (χ0v) is 19.5. The quantitative estimate of drug-likeness (QED) is 0.236. The van der Waals surface area contributed by atoms with Crippen LogP contribution in [0.25, 0.3) is 11.0 Å². The van der Waals surface area contributed by atoms with E-state index in [0.29, 0.717) is 30.5 Å². The minimum Gasteiger partial charge on any atom is -0.478 e. The first kappa shape index (κ1) is 23.3. The minimum absolute atomic E-state index is 0.224. The molecule has 10 heteroatoms. The highest BCUT2D eigenvalue weighted by Crippen LogP contribution is 2.29. The highest BCUT2D eigenvalue weighted by Gasteiger charge is 2.17. The molecule has 3 N–H and O–H groups in total. The Balaban J connectivity index is 1.77. The molecule has 3 aromatic heterocycles. The van der Waals surface area contributed by atoms with Gasteiger partial charge in [-0.25, -0.2) is 19.4 Å². The second-order valence-corrected chi connectivity index (χ2v) is 7.96. The number of hydrogen-bond acceptors (Lipinski definition) is 6. The molecule has 0 bridgehead atoms. The van der Waals surface area contributed by atoms with E-state index in [1.54, 1.807) is 16.8 Å². The number of carbonyl (C=O) groups excluding carboxylic acids is 1. The lowest BCUT2D eigenvalue weighted by atomic mass is 10.00. The van der Waals surface area contributed by atoms with Crippen LogP contribution in [0.15, 0.2) is 30.9 Å². The van der Waals surface area contributed by atoms with Crippen LogP contribution in [0.3, 0.4) is 0 Å². The topological polar surface area (TPSA) is 106 Å². The van der Waals surface area contributed by atoms with E-state index in [9.17, 15) is 4.79 Å². The van der Waals surface area contributed by atoms with Gasteiger partial charge in [0, 0.05) is 11.5 Å². The third-order valence-corrected chi connectivity index (χ3v) is 4.81. The third kappa shape index (κ3) is 5.47. The summed E-state index contributed by atoms with van der Waals surface area (Å²) in [6, 6.07) is 4.58. The molecule has 0 aliphatic heterocycles. The van der Waals surface area contributed by atoms with Gasteiger partial charge in [-0.2, -0.15) is 5.10 Å². The lowest BCUT2D eigenvalue weighted by molar-refractivity contribution is 0.254. The fourth-order valence-corrected chi connectivity index (χ4v) is 3.47. The average Bonchev–Trinajstić information content (AvgIpc) is 3.05. The van der Waals surface area contributed by atoms with Crippen LogP contribution >= 0.6 is 11.6 Å². The van der Waals surface area contributed by atoms with E-state index in [2.05, 4.69) is 51.7 Å². The van der Waals surface area contributed by atoms with Gasteiger partial charge in [-0.3, -0.25) is 10.9 Å². The van der Waals surface area contributed by atoms with E-state index in [0.717, 1.165) is 28.7 Å². The fourth-order valence-electron chi connectivity index (χ4n) is 3.26. The Hall–Kier alpha value is -3.33. The van der Waals surface area contributed by atoms with Gasteiger partial charge in [0.05, 0.1) is 24.5 Å². The van der Waals surface area contributed by atoms with Crippen molar-refractivity contribution in [2.24, 2.45) is 0 Å². The number of carbonyl (C=O) groups is 1. The van der Waals surface area contributed by atoms with Crippen molar-refractivity contribution in [3.63, 3.8) is 0 Å². The molecule has 0 aromatic carbocycles. The van der Waals surface area contributed by atoms with Crippen molar-refractivity contribution in [1.82, 2.24) is 25.2 Å². The zero-order valence-electron chi connectivity index (χ0n) is 18.7. The summed E-state index contributed by atoms with van der Waals surface area (Å²) >= 11 is 6.03. The van der Waals surface area contributed by atoms with Crippen LogP contribution < -0.4 is 20.9 Å². The summed E-state index contributed by atoms with van der Waals surface area (Å²) in [7, 11) is 0. The van der Waals surface area contributed by atoms with Crippen LogP contribution in [0.4, 0.5) is 16.3 Å². The molecule has 0 spiro atoms. The summed E-state index contributed by atoms with van der Waals surface area (Å²) in [5, 5.41) is 8.52. The lowest BCUT2D eigenvalue weighted by Crippen LogP contribution is -2.34. The summed E-state index contributed by atoms with van der Waals surface area (Å²) in [4.78, 5) is 21.2. The molecular formula is C22H28ClN7O2. The van der Waals surface area contributed by atoms with E-state index >= 15 is 0 Å². The standard InChI is InChI=1S/C22H28ClN7O2/c1-6-8-30-21-20(14(5)29-30)16(13(3)4)12-18(26-21)27-28-22(31)24-15-10-17(23)25-19(11-15)32-9-7-2/h6,10-13H,1,7-9H2,2-5H3,(H,26,27)(H2,24,25,28,31). The van der Waals surface area contributed by atoms with Crippen LogP contribution in [0, 0.1) is 6.92 Å². The number of fused-ring (bicyclic) bond motifs is 1. The molecule has 170 valence electrons. The molecule has 32 heavy (non-hydrogen) atoms. The van der Waals surface area contributed by atoms with Gasteiger partial charge in [-0.05, 0) is 37.0 Å². The Kier molecular flexibility index (Phi) is 7.53. The third-order valence-electron chi connectivity index (χ3n) is 4.62. The number of allylic oxidation sites excluding steroid dienone is 1. The Labute approximate surface area is 192 Å². The summed E-state index contributed by atoms with van der Waals surface area (Å²) in [6.45, 7) is 13.0. The van der Waals surface area contributed by atoms with Gasteiger partial charge < -0.3 is 10.1 Å². The number of rotatable bonds is 9. The second kappa shape index (κ2) is 10.3. The van der Waals surface area contributed by atoms with Crippen LogP contribution in [0.5, 0.6) is 5.88 Å². The molecule has 3 aromatic rings. The number of ether oxygens (including phenoxy) is 1. The maximum absolute atomic E-state index is 12.4. The van der Waals surface area contributed by atoms with Crippen LogP contribution in [0.2, 0.25) is 5.15 Å². The first-order chi connectivity index (χ1) is 15.3. The van der Waals surface area contributed by atoms with Crippen LogP contribution in [-0.4, -0.2) is 32.4 Å². The average molecular weight is 458 g/mol. The van der Waals surface area contributed by atoms with E-state index in [4.69, 9.17) is 16.3 Å². The molecule has 3 heterocycles. The number of anilines is 2. The monoisotopic (exact) mass is 457 g/mol. The predicted molar refractivity (Wildman–Crippen MR) is 127 cm³/mol. The van der Waals surface area contributed by atoms with Gasteiger partial charge in [0.2, 0.25) is 5.88 Å². The molecule has 0 saturated heterocycles. The number of aryl methyl sites for hydroxylation is 1. The van der Waals surface area contributed by atoms with Gasteiger partial charge in [0.15, 0.2) is 5.65 Å². The Morgan fingerprint density at radius 2 is 2.09 bits per heavy atom. The van der Waals surface area contributed by atoms with Crippen LogP contribution in [-0.2, 0) is 6.54 Å². The highest BCUT2D eigenvalue weighted by molar-refractivity contribution is 6.29. The number of hydrogen-bond donors (Lipinski definition) is 3. The SMILES string of the molecule is C=CCn1nc(C)c2c(C(C)C)cc(NNC(=O)Nc3cc(Cl)nc(OCCC)c3)nc21. The van der Waals surface area contributed by atoms with E-state index < -0.39 is 6.03 Å². The molecule has 0 atom stereocenters. The summed E-state index contributed by atoms with van der Waals surface area (Å²) in [5.74, 6) is 1.10. The summed E-state index contributed by atoms with van der Waals surface area (Å²) < 4.78 is 7.29. The molecule has 0 radical (unpaired) electrons. The van der Waals surface area contributed by atoms with Gasteiger partial charge >= 0.3 is 6.03 Å². The fraction of sp³-hybridized carbons (Fsp3) is 0.364. The number of hydrazine groups is 1. The van der Waals surface area contributed by atoms with Crippen LogP contribution in [0.1, 0.15) is 44.4 Å². The lowest BCUT2D eigenvalue weighted by Gasteiger charge is -2.14. The Bertz CT molecular complexity index is 1130. The smallest absolute Gasteiger partial charge is 0.337 e. The first-order valence-corrected chi connectivity index (χ1v) is 10.8. The maximum Gasteiger partial charge on any atom is 0.337 e. The molecule has 0 saturated carbocycles.